The zero-order valence-electron chi connectivity index (χ0n) is 12.5. The van der Waals surface area contributed by atoms with Crippen LogP contribution in [0, 0.1) is 0 Å². The van der Waals surface area contributed by atoms with Crippen molar-refractivity contribution in [2.45, 2.75) is 4.90 Å². The van der Waals surface area contributed by atoms with E-state index >= 15 is 0 Å². The minimum atomic E-state index is -3.68. The zero-order valence-corrected chi connectivity index (χ0v) is 13.3. The van der Waals surface area contributed by atoms with Crippen LogP contribution < -0.4 is 11.4 Å². The van der Waals surface area contributed by atoms with Gasteiger partial charge >= 0.3 is 11.4 Å². The summed E-state index contributed by atoms with van der Waals surface area (Å²) in [4.78, 5) is 24.1. The van der Waals surface area contributed by atoms with Gasteiger partial charge in [-0.05, 0) is 24.3 Å². The van der Waals surface area contributed by atoms with E-state index in [9.17, 15) is 18.0 Å². The van der Waals surface area contributed by atoms with Crippen molar-refractivity contribution in [3.05, 3.63) is 82.2 Å². The molecule has 0 spiro atoms. The van der Waals surface area contributed by atoms with E-state index in [0.29, 0.717) is 0 Å². The van der Waals surface area contributed by atoms with Crippen LogP contribution in [0.4, 0.5) is 0 Å². The predicted molar refractivity (Wildman–Crippen MR) is 90.3 cm³/mol. The molecule has 0 aliphatic heterocycles. The molecule has 3 rings (SSSR count). The molecule has 0 atom stereocenters. The quantitative estimate of drug-likeness (QED) is 0.675. The van der Waals surface area contributed by atoms with E-state index in [4.69, 9.17) is 4.42 Å². The Balaban J connectivity index is 2.45. The Labute approximate surface area is 137 Å². The summed E-state index contributed by atoms with van der Waals surface area (Å²) >= 11 is 0. The molecule has 0 aliphatic carbocycles. The summed E-state index contributed by atoms with van der Waals surface area (Å²) in [7, 11) is -3.68. The third-order valence-electron chi connectivity index (χ3n) is 3.51. The molecular weight excluding hydrogens is 330 g/mol. The van der Waals surface area contributed by atoms with Gasteiger partial charge < -0.3 is 4.42 Å². The fraction of sp³-hybridized carbons (Fsp3) is 0.0588. The van der Waals surface area contributed by atoms with Gasteiger partial charge in [-0.1, -0.05) is 30.3 Å². The van der Waals surface area contributed by atoms with Crippen LogP contribution in [0.2, 0.25) is 0 Å². The molecule has 0 aliphatic rings. The summed E-state index contributed by atoms with van der Waals surface area (Å²) in [5, 5.41) is 0.188. The zero-order chi connectivity index (χ0) is 17.3. The van der Waals surface area contributed by atoms with Crippen LogP contribution in [-0.4, -0.2) is 18.7 Å². The van der Waals surface area contributed by atoms with Gasteiger partial charge in [-0.15, -0.1) is 6.58 Å². The summed E-state index contributed by atoms with van der Waals surface area (Å²) in [6.45, 7) is 3.45. The fourth-order valence-electron chi connectivity index (χ4n) is 2.50. The van der Waals surface area contributed by atoms with Crippen molar-refractivity contribution < 1.29 is 12.8 Å². The number of aromatic nitrogens is 1. The van der Waals surface area contributed by atoms with Crippen molar-refractivity contribution in [2.75, 3.05) is 5.75 Å². The first-order valence-electron chi connectivity index (χ1n) is 7.03. The van der Waals surface area contributed by atoms with Gasteiger partial charge in [-0.2, -0.15) is 0 Å². The van der Waals surface area contributed by atoms with E-state index in [1.165, 1.54) is 24.3 Å². The third-order valence-corrected chi connectivity index (χ3v) is 5.20. The molecule has 0 bridgehead atoms. The lowest BCUT2D eigenvalue weighted by atomic mass is 10.2. The summed E-state index contributed by atoms with van der Waals surface area (Å²) in [5.41, 5.74) is -0.359. The Kier molecular flexibility index (Phi) is 3.94. The highest BCUT2D eigenvalue weighted by Gasteiger charge is 2.21. The normalized spacial score (nSPS) is 11.5. The minimum Gasteiger partial charge on any atom is -0.372 e. The molecule has 0 N–H and O–H groups in total. The number of fused-ring (bicyclic) bond motifs is 1. The molecule has 6 nitrogen and oxygen atoms in total. The largest absolute Gasteiger partial charge is 0.427 e. The molecule has 0 unspecified atom stereocenters. The van der Waals surface area contributed by atoms with Crippen molar-refractivity contribution in [3.63, 3.8) is 0 Å². The fourth-order valence-corrected chi connectivity index (χ4v) is 3.75. The Bertz CT molecular complexity index is 1160. The molecule has 3 aromatic rings. The van der Waals surface area contributed by atoms with Crippen LogP contribution in [0.1, 0.15) is 0 Å². The highest BCUT2D eigenvalue weighted by molar-refractivity contribution is 7.91. The highest BCUT2D eigenvalue weighted by atomic mass is 32.2. The van der Waals surface area contributed by atoms with E-state index in [2.05, 4.69) is 6.58 Å². The summed E-state index contributed by atoms with van der Waals surface area (Å²) in [6.07, 6.45) is 1.28. The lowest BCUT2D eigenvalue weighted by molar-refractivity contribution is 0.443. The first-order chi connectivity index (χ1) is 11.5. The van der Waals surface area contributed by atoms with Crippen molar-refractivity contribution >= 4 is 20.7 Å². The lowest BCUT2D eigenvalue weighted by Crippen LogP contribution is -2.25. The molecule has 1 heterocycles. The Morgan fingerprint density at radius 3 is 2.46 bits per heavy atom. The lowest BCUT2D eigenvalue weighted by Gasteiger charge is -2.13. The number of para-hydroxylation sites is 2. The summed E-state index contributed by atoms with van der Waals surface area (Å²) in [5.74, 6) is -1.21. The van der Waals surface area contributed by atoms with Gasteiger partial charge in [0.1, 0.15) is 0 Å². The highest BCUT2D eigenvalue weighted by Crippen LogP contribution is 2.22. The average molecular weight is 343 g/mol. The Morgan fingerprint density at radius 2 is 1.71 bits per heavy atom. The summed E-state index contributed by atoms with van der Waals surface area (Å²) < 4.78 is 30.8. The first kappa shape index (κ1) is 15.9. The van der Waals surface area contributed by atoms with Crippen LogP contribution in [0.5, 0.6) is 0 Å². The molecule has 2 aromatic carbocycles. The number of hydrogen-bond donors (Lipinski definition) is 0. The van der Waals surface area contributed by atoms with Crippen LogP contribution in [0.15, 0.2) is 80.1 Å². The number of rotatable bonds is 4. The van der Waals surface area contributed by atoms with Gasteiger partial charge in [0.25, 0.3) is 0 Å². The second-order valence-electron chi connectivity index (χ2n) is 5.05. The van der Waals surface area contributed by atoms with E-state index in [1.54, 1.807) is 30.3 Å². The summed E-state index contributed by atoms with van der Waals surface area (Å²) in [6, 6.07) is 12.4. The van der Waals surface area contributed by atoms with Gasteiger partial charge in [0.05, 0.1) is 27.2 Å². The van der Waals surface area contributed by atoms with Crippen LogP contribution >= 0.6 is 0 Å². The second kappa shape index (κ2) is 5.93. The number of benzene rings is 2. The van der Waals surface area contributed by atoms with Gasteiger partial charge in [0, 0.05) is 0 Å². The monoisotopic (exact) mass is 343 g/mol. The van der Waals surface area contributed by atoms with Gasteiger partial charge in [-0.3, -0.25) is 0 Å². The van der Waals surface area contributed by atoms with Gasteiger partial charge in [0.2, 0.25) is 0 Å². The van der Waals surface area contributed by atoms with Crippen molar-refractivity contribution in [1.82, 2.24) is 4.57 Å². The molecule has 0 saturated carbocycles. The minimum absolute atomic E-state index is 0.0361. The maximum Gasteiger partial charge on any atom is 0.427 e. The first-order valence-corrected chi connectivity index (χ1v) is 8.69. The molecular formula is C17H13NO5S. The van der Waals surface area contributed by atoms with E-state index < -0.39 is 21.2 Å². The standard InChI is InChI=1S/C17H13NO5S/c1-2-11-24(21,22)15-10-6-5-9-14(15)18-13-8-4-3-7-12(13)16(19)23-17(18)20/h2-10H,1,11H2. The second-order valence-corrected chi connectivity index (χ2v) is 7.05. The van der Waals surface area contributed by atoms with E-state index in [0.717, 1.165) is 4.57 Å². The maximum absolute atomic E-state index is 12.5. The number of sulfone groups is 1. The molecule has 1 aromatic heterocycles. The Hall–Kier alpha value is -2.93. The molecule has 0 radical (unpaired) electrons. The average Bonchev–Trinajstić information content (AvgIpc) is 2.55. The molecule has 122 valence electrons. The Morgan fingerprint density at radius 1 is 1.04 bits per heavy atom. The van der Waals surface area contributed by atoms with Gasteiger partial charge in [-0.25, -0.2) is 22.6 Å². The van der Waals surface area contributed by atoms with Crippen molar-refractivity contribution in [1.29, 1.82) is 0 Å². The topological polar surface area (TPSA) is 86.3 Å². The SMILES string of the molecule is C=CCS(=O)(=O)c1ccccc1-n1c(=O)oc(=O)c2ccccc21. The molecule has 7 heteroatoms. The molecule has 0 amide bonds. The van der Waals surface area contributed by atoms with Crippen molar-refractivity contribution in [2.24, 2.45) is 0 Å². The number of hydrogen-bond acceptors (Lipinski definition) is 5. The van der Waals surface area contributed by atoms with E-state index in [-0.39, 0.29) is 27.2 Å². The number of nitrogens with zero attached hydrogens (tertiary/aromatic N) is 1. The smallest absolute Gasteiger partial charge is 0.372 e. The third kappa shape index (κ3) is 2.59. The van der Waals surface area contributed by atoms with Crippen LogP contribution in [0.3, 0.4) is 0 Å². The van der Waals surface area contributed by atoms with Crippen LogP contribution in [0.25, 0.3) is 16.6 Å². The predicted octanol–water partition coefficient (Wildman–Crippen LogP) is 1.90. The molecule has 0 fully saturated rings. The van der Waals surface area contributed by atoms with Gasteiger partial charge in [0.15, 0.2) is 9.84 Å². The van der Waals surface area contributed by atoms with Crippen LogP contribution in [-0.2, 0) is 9.84 Å². The molecule has 0 saturated heterocycles. The van der Waals surface area contributed by atoms with E-state index in [1.807, 2.05) is 0 Å². The maximum atomic E-state index is 12.5. The van der Waals surface area contributed by atoms with Crippen molar-refractivity contribution in [3.8, 4) is 5.69 Å². The molecule has 24 heavy (non-hydrogen) atoms.